The first-order valence-corrected chi connectivity index (χ1v) is 8.93. The van der Waals surface area contributed by atoms with Crippen LogP contribution >= 0.6 is 0 Å². The van der Waals surface area contributed by atoms with Crippen molar-refractivity contribution in [1.82, 2.24) is 10.6 Å². The molecule has 0 saturated carbocycles. The van der Waals surface area contributed by atoms with Gasteiger partial charge < -0.3 is 10.4 Å². The molecule has 0 amide bonds. The van der Waals surface area contributed by atoms with Gasteiger partial charge in [0.1, 0.15) is 0 Å². The third-order valence-electron chi connectivity index (χ3n) is 6.29. The van der Waals surface area contributed by atoms with Gasteiger partial charge >= 0.3 is 0 Å². The number of hydrogen-bond donors (Lipinski definition) is 3. The van der Waals surface area contributed by atoms with Crippen molar-refractivity contribution in [2.45, 2.75) is 39.9 Å². The SMILES string of the molecule is CC(CO)C(C)C(C)C(C)C1NC2=CC=CC3=CC=CC(N1)C32. The van der Waals surface area contributed by atoms with Gasteiger partial charge in [0.05, 0.1) is 6.17 Å². The van der Waals surface area contributed by atoms with Crippen molar-refractivity contribution in [2.75, 3.05) is 6.61 Å². The number of nitrogens with one attached hydrogen (secondary N) is 2. The number of rotatable bonds is 5. The van der Waals surface area contributed by atoms with E-state index in [1.807, 2.05) is 0 Å². The van der Waals surface area contributed by atoms with Gasteiger partial charge in [0.2, 0.25) is 0 Å². The Bertz CT molecular complexity index is 560. The van der Waals surface area contributed by atoms with E-state index >= 15 is 0 Å². The second kappa shape index (κ2) is 6.66. The van der Waals surface area contributed by atoms with Gasteiger partial charge in [0.25, 0.3) is 0 Å². The van der Waals surface area contributed by atoms with Crippen molar-refractivity contribution in [3.05, 3.63) is 47.7 Å². The second-order valence-electron chi connectivity index (χ2n) is 7.56. The van der Waals surface area contributed by atoms with Crippen LogP contribution in [-0.4, -0.2) is 23.9 Å². The molecule has 2 aliphatic carbocycles. The normalized spacial score (nSPS) is 33.7. The van der Waals surface area contributed by atoms with E-state index in [4.69, 9.17) is 0 Å². The van der Waals surface area contributed by atoms with E-state index in [2.05, 4.69) is 74.8 Å². The van der Waals surface area contributed by atoms with Crippen LogP contribution in [0.5, 0.6) is 0 Å². The number of hydrogen-bond acceptors (Lipinski definition) is 3. The molecule has 23 heavy (non-hydrogen) atoms. The van der Waals surface area contributed by atoms with Crippen LogP contribution < -0.4 is 10.6 Å². The van der Waals surface area contributed by atoms with Crippen LogP contribution in [0, 0.1) is 29.6 Å². The van der Waals surface area contributed by atoms with Gasteiger partial charge in [-0.2, -0.15) is 0 Å². The summed E-state index contributed by atoms with van der Waals surface area (Å²) in [5.41, 5.74) is 2.72. The highest BCUT2D eigenvalue weighted by Gasteiger charge is 2.39. The Labute approximate surface area is 140 Å². The van der Waals surface area contributed by atoms with E-state index in [9.17, 15) is 5.11 Å². The van der Waals surface area contributed by atoms with Crippen LogP contribution in [0.3, 0.4) is 0 Å². The van der Waals surface area contributed by atoms with E-state index in [0.29, 0.717) is 35.6 Å². The van der Waals surface area contributed by atoms with Crippen LogP contribution in [0.1, 0.15) is 27.7 Å². The lowest BCUT2D eigenvalue weighted by Gasteiger charge is -2.46. The predicted molar refractivity (Wildman–Crippen MR) is 95.5 cm³/mol. The largest absolute Gasteiger partial charge is 0.396 e. The molecule has 3 N–H and O–H groups in total. The standard InChI is InChI=1S/C20H30N2O/c1-12(11-23)13(2)14(3)15(4)20-21-17-9-5-7-16-8-6-10-18(22-20)19(16)17/h5-10,12-15,17,19-23H,11H2,1-4H3. The third-order valence-corrected chi connectivity index (χ3v) is 6.29. The summed E-state index contributed by atoms with van der Waals surface area (Å²) in [6.45, 7) is 9.30. The van der Waals surface area contributed by atoms with Gasteiger partial charge in [-0.1, -0.05) is 58.1 Å². The fourth-order valence-corrected chi connectivity index (χ4v) is 4.08. The molecule has 0 aromatic heterocycles. The highest BCUT2D eigenvalue weighted by molar-refractivity contribution is 5.45. The van der Waals surface area contributed by atoms with Crippen molar-refractivity contribution < 1.29 is 5.11 Å². The molecule has 0 aromatic carbocycles. The lowest BCUT2D eigenvalue weighted by atomic mass is 9.75. The van der Waals surface area contributed by atoms with E-state index in [-0.39, 0.29) is 12.8 Å². The van der Waals surface area contributed by atoms with Crippen molar-refractivity contribution in [1.29, 1.82) is 0 Å². The maximum absolute atomic E-state index is 9.45. The summed E-state index contributed by atoms with van der Waals surface area (Å²) in [5, 5.41) is 17.0. The predicted octanol–water partition coefficient (Wildman–Crippen LogP) is 2.98. The molecule has 3 rings (SSSR count). The Balaban J connectivity index is 1.75. The van der Waals surface area contributed by atoms with Crippen molar-refractivity contribution in [2.24, 2.45) is 29.6 Å². The van der Waals surface area contributed by atoms with Gasteiger partial charge in [0, 0.05) is 24.3 Å². The Hall–Kier alpha value is -1.32. The quantitative estimate of drug-likeness (QED) is 0.731. The van der Waals surface area contributed by atoms with E-state index in [1.165, 1.54) is 11.3 Å². The molecule has 0 bridgehead atoms. The van der Waals surface area contributed by atoms with E-state index in [0.717, 1.165) is 0 Å². The molecule has 126 valence electrons. The van der Waals surface area contributed by atoms with Crippen molar-refractivity contribution >= 4 is 0 Å². The lowest BCUT2D eigenvalue weighted by Crippen LogP contribution is -2.61. The van der Waals surface area contributed by atoms with Gasteiger partial charge in [-0.15, -0.1) is 0 Å². The molecule has 1 saturated heterocycles. The molecule has 0 spiro atoms. The molecular formula is C20H30N2O. The molecule has 7 atom stereocenters. The molecule has 1 fully saturated rings. The first-order valence-electron chi connectivity index (χ1n) is 8.93. The van der Waals surface area contributed by atoms with Gasteiger partial charge in [-0.25, -0.2) is 0 Å². The minimum absolute atomic E-state index is 0.265. The van der Waals surface area contributed by atoms with Gasteiger partial charge in [0.15, 0.2) is 0 Å². The Morgan fingerprint density at radius 3 is 2.61 bits per heavy atom. The summed E-state index contributed by atoms with van der Waals surface area (Å²) in [6.07, 6.45) is 13.5. The molecule has 1 aliphatic heterocycles. The third kappa shape index (κ3) is 3.05. The minimum atomic E-state index is 0.265. The molecule has 1 heterocycles. The number of aliphatic hydroxyl groups is 1. The molecule has 3 nitrogen and oxygen atoms in total. The first kappa shape index (κ1) is 16.5. The summed E-state index contributed by atoms with van der Waals surface area (Å²) < 4.78 is 0. The van der Waals surface area contributed by atoms with E-state index < -0.39 is 0 Å². The zero-order chi connectivity index (χ0) is 16.6. The summed E-state index contributed by atoms with van der Waals surface area (Å²) >= 11 is 0. The molecule has 3 heteroatoms. The first-order chi connectivity index (χ1) is 11.0. The molecule has 3 aliphatic rings. The average Bonchev–Trinajstić information content (AvgIpc) is 2.59. The van der Waals surface area contributed by atoms with E-state index in [1.54, 1.807) is 0 Å². The Morgan fingerprint density at radius 2 is 1.87 bits per heavy atom. The monoisotopic (exact) mass is 314 g/mol. The van der Waals surface area contributed by atoms with Crippen molar-refractivity contribution in [3.63, 3.8) is 0 Å². The zero-order valence-corrected chi connectivity index (χ0v) is 14.7. The average molecular weight is 314 g/mol. The van der Waals surface area contributed by atoms with Gasteiger partial charge in [-0.05, 0) is 35.3 Å². The fraction of sp³-hybridized carbons (Fsp3) is 0.600. The maximum atomic E-state index is 9.45. The van der Waals surface area contributed by atoms with Gasteiger partial charge in [-0.3, -0.25) is 5.32 Å². The molecule has 0 aromatic rings. The second-order valence-corrected chi connectivity index (χ2v) is 7.56. The fourth-order valence-electron chi connectivity index (χ4n) is 4.08. The maximum Gasteiger partial charge on any atom is 0.0799 e. The zero-order valence-electron chi connectivity index (χ0n) is 14.7. The van der Waals surface area contributed by atoms with Crippen LogP contribution in [0.15, 0.2) is 47.7 Å². The lowest BCUT2D eigenvalue weighted by molar-refractivity contribution is 0.111. The summed E-state index contributed by atoms with van der Waals surface area (Å²) in [6, 6.07) is 0.373. The summed E-state index contributed by atoms with van der Waals surface area (Å²) in [5.74, 6) is 2.27. The molecule has 7 unspecified atom stereocenters. The number of allylic oxidation sites excluding steroid dienone is 5. The van der Waals surface area contributed by atoms with Crippen LogP contribution in [0.25, 0.3) is 0 Å². The topological polar surface area (TPSA) is 44.3 Å². The van der Waals surface area contributed by atoms with Crippen LogP contribution in [0.4, 0.5) is 0 Å². The molecular weight excluding hydrogens is 284 g/mol. The smallest absolute Gasteiger partial charge is 0.0799 e. The summed E-state index contributed by atoms with van der Waals surface area (Å²) in [7, 11) is 0. The highest BCUT2D eigenvalue weighted by Crippen LogP contribution is 2.36. The van der Waals surface area contributed by atoms with Crippen molar-refractivity contribution in [3.8, 4) is 0 Å². The molecule has 0 radical (unpaired) electrons. The minimum Gasteiger partial charge on any atom is -0.396 e. The summed E-state index contributed by atoms with van der Waals surface area (Å²) in [4.78, 5) is 0. The Kier molecular flexibility index (Phi) is 4.79. The van der Waals surface area contributed by atoms with Crippen LogP contribution in [-0.2, 0) is 0 Å². The highest BCUT2D eigenvalue weighted by atomic mass is 16.3. The van der Waals surface area contributed by atoms with Crippen LogP contribution in [0.2, 0.25) is 0 Å². The number of aliphatic hydroxyl groups excluding tert-OH is 1. The Morgan fingerprint density at radius 1 is 1.09 bits per heavy atom.